The van der Waals surface area contributed by atoms with E-state index in [2.05, 4.69) is 73.1 Å². The molecule has 5 heteroatoms. The summed E-state index contributed by atoms with van der Waals surface area (Å²) in [7, 11) is 1.69. The first-order valence-electron chi connectivity index (χ1n) is 11.2. The van der Waals surface area contributed by atoms with Gasteiger partial charge in [0.1, 0.15) is 23.4 Å². The van der Waals surface area contributed by atoms with E-state index in [4.69, 9.17) is 14.5 Å². The van der Waals surface area contributed by atoms with Crippen molar-refractivity contribution in [3.05, 3.63) is 77.1 Å². The fraction of sp³-hybridized carbons (Fsp3) is 0.296. The molecule has 1 unspecified atom stereocenters. The second kappa shape index (κ2) is 8.23. The number of methoxy groups -OCH3 is 1. The Labute approximate surface area is 189 Å². The van der Waals surface area contributed by atoms with Crippen molar-refractivity contribution in [1.29, 1.82) is 0 Å². The molecule has 1 aliphatic rings. The summed E-state index contributed by atoms with van der Waals surface area (Å²) in [6.07, 6.45) is 2.10. The van der Waals surface area contributed by atoms with Crippen LogP contribution in [-0.2, 0) is 19.4 Å². The molecule has 0 spiro atoms. The fourth-order valence-electron chi connectivity index (χ4n) is 4.55. The smallest absolute Gasteiger partial charge is 0.125 e. The Balaban J connectivity index is 1.46. The quantitative estimate of drug-likeness (QED) is 0.420. The third-order valence-corrected chi connectivity index (χ3v) is 6.29. The van der Waals surface area contributed by atoms with Crippen LogP contribution in [-0.4, -0.2) is 22.8 Å². The van der Waals surface area contributed by atoms with Gasteiger partial charge in [-0.1, -0.05) is 25.1 Å². The van der Waals surface area contributed by atoms with Gasteiger partial charge < -0.3 is 14.8 Å². The molecule has 164 valence electrons. The number of aryl methyl sites for hydroxylation is 1. The molecular weight excluding hydrogens is 398 g/mol. The number of aromatic nitrogens is 2. The highest BCUT2D eigenvalue weighted by atomic mass is 16.5. The molecule has 0 radical (unpaired) electrons. The number of hydrogen-bond acceptors (Lipinski definition) is 4. The summed E-state index contributed by atoms with van der Waals surface area (Å²) < 4.78 is 13.6. The lowest BCUT2D eigenvalue weighted by atomic mass is 10.1. The zero-order valence-corrected chi connectivity index (χ0v) is 19.1. The SMILES string of the molecule is CCc1nc2cc(OC)ccc2n1-c1cccc(CNc2ccc3c(c2)OC(C)C3)c1C. The summed E-state index contributed by atoms with van der Waals surface area (Å²) in [5.74, 6) is 2.87. The van der Waals surface area contributed by atoms with Crippen LogP contribution < -0.4 is 14.8 Å². The molecule has 1 aromatic heterocycles. The Kier molecular flexibility index (Phi) is 5.25. The number of imidazole rings is 1. The summed E-state index contributed by atoms with van der Waals surface area (Å²) in [5, 5.41) is 3.58. The lowest BCUT2D eigenvalue weighted by Gasteiger charge is -2.16. The number of ether oxygens (including phenoxy) is 2. The number of nitrogens with one attached hydrogen (secondary N) is 1. The van der Waals surface area contributed by atoms with Crippen molar-refractivity contribution in [2.45, 2.75) is 46.3 Å². The number of rotatable bonds is 6. The van der Waals surface area contributed by atoms with E-state index < -0.39 is 0 Å². The summed E-state index contributed by atoms with van der Waals surface area (Å²) >= 11 is 0. The molecule has 5 nitrogen and oxygen atoms in total. The molecule has 0 saturated heterocycles. The highest BCUT2D eigenvalue weighted by Crippen LogP contribution is 2.32. The van der Waals surface area contributed by atoms with Crippen molar-refractivity contribution in [2.24, 2.45) is 0 Å². The Morgan fingerprint density at radius 3 is 2.84 bits per heavy atom. The van der Waals surface area contributed by atoms with Gasteiger partial charge in [-0.05, 0) is 54.8 Å². The lowest BCUT2D eigenvalue weighted by Crippen LogP contribution is -2.07. The maximum absolute atomic E-state index is 5.91. The minimum atomic E-state index is 0.261. The Hall–Kier alpha value is -3.47. The molecule has 0 saturated carbocycles. The largest absolute Gasteiger partial charge is 0.497 e. The van der Waals surface area contributed by atoms with E-state index >= 15 is 0 Å². The lowest BCUT2D eigenvalue weighted by molar-refractivity contribution is 0.255. The molecule has 1 aliphatic heterocycles. The number of anilines is 1. The first-order chi connectivity index (χ1) is 15.6. The van der Waals surface area contributed by atoms with Crippen LogP contribution in [0.25, 0.3) is 16.7 Å². The number of benzene rings is 3. The van der Waals surface area contributed by atoms with Gasteiger partial charge in [-0.2, -0.15) is 0 Å². The van der Waals surface area contributed by atoms with E-state index in [9.17, 15) is 0 Å². The maximum Gasteiger partial charge on any atom is 0.125 e. The number of hydrogen-bond donors (Lipinski definition) is 1. The molecule has 0 amide bonds. The number of fused-ring (bicyclic) bond motifs is 2. The second-order valence-electron chi connectivity index (χ2n) is 8.44. The molecule has 0 aliphatic carbocycles. The zero-order chi connectivity index (χ0) is 22.2. The molecule has 2 heterocycles. The fourth-order valence-corrected chi connectivity index (χ4v) is 4.55. The van der Waals surface area contributed by atoms with Gasteiger partial charge in [0.05, 0.1) is 23.8 Å². The third-order valence-electron chi connectivity index (χ3n) is 6.29. The van der Waals surface area contributed by atoms with Crippen molar-refractivity contribution in [1.82, 2.24) is 9.55 Å². The predicted molar refractivity (Wildman–Crippen MR) is 129 cm³/mol. The molecule has 3 aromatic carbocycles. The first kappa shape index (κ1) is 20.4. The van der Waals surface area contributed by atoms with E-state index in [-0.39, 0.29) is 6.10 Å². The highest BCUT2D eigenvalue weighted by Gasteiger charge is 2.19. The minimum absolute atomic E-state index is 0.261. The minimum Gasteiger partial charge on any atom is -0.497 e. The maximum atomic E-state index is 5.91. The Bertz CT molecular complexity index is 1290. The van der Waals surface area contributed by atoms with Crippen molar-refractivity contribution in [3.63, 3.8) is 0 Å². The molecule has 0 bridgehead atoms. The average molecular weight is 428 g/mol. The summed E-state index contributed by atoms with van der Waals surface area (Å²) in [5.41, 5.74) is 8.09. The average Bonchev–Trinajstić information content (AvgIpc) is 3.36. The van der Waals surface area contributed by atoms with Crippen molar-refractivity contribution in [3.8, 4) is 17.2 Å². The van der Waals surface area contributed by atoms with Crippen LogP contribution in [0.15, 0.2) is 54.6 Å². The van der Waals surface area contributed by atoms with Gasteiger partial charge in [-0.3, -0.25) is 4.57 Å². The Morgan fingerprint density at radius 2 is 2.03 bits per heavy atom. The van der Waals surface area contributed by atoms with Gasteiger partial charge in [-0.15, -0.1) is 0 Å². The third kappa shape index (κ3) is 3.58. The topological polar surface area (TPSA) is 48.3 Å². The van der Waals surface area contributed by atoms with Crippen LogP contribution in [0.4, 0.5) is 5.69 Å². The normalized spacial score (nSPS) is 14.9. The standard InChI is InChI=1S/C27H29N3O2/c1-5-27-29-23-15-22(31-4)11-12-25(23)30(27)24-8-6-7-20(18(24)3)16-28-21-10-9-19-13-17(2)32-26(19)14-21/h6-12,14-15,17,28H,5,13,16H2,1-4H3. The van der Waals surface area contributed by atoms with Gasteiger partial charge >= 0.3 is 0 Å². The van der Waals surface area contributed by atoms with Gasteiger partial charge in [-0.25, -0.2) is 4.98 Å². The van der Waals surface area contributed by atoms with Crippen LogP contribution in [0.2, 0.25) is 0 Å². The van der Waals surface area contributed by atoms with Crippen LogP contribution >= 0.6 is 0 Å². The highest BCUT2D eigenvalue weighted by molar-refractivity contribution is 5.80. The van der Waals surface area contributed by atoms with Gasteiger partial charge in [0, 0.05) is 37.2 Å². The van der Waals surface area contributed by atoms with E-state index in [1.165, 1.54) is 22.4 Å². The number of nitrogens with zero attached hydrogens (tertiary/aromatic N) is 2. The summed E-state index contributed by atoms with van der Waals surface area (Å²) in [6, 6.07) is 19.0. The van der Waals surface area contributed by atoms with Crippen molar-refractivity contribution in [2.75, 3.05) is 12.4 Å². The van der Waals surface area contributed by atoms with Crippen LogP contribution in [0.3, 0.4) is 0 Å². The molecule has 1 atom stereocenters. The van der Waals surface area contributed by atoms with Gasteiger partial charge in [0.25, 0.3) is 0 Å². The molecule has 0 fully saturated rings. The zero-order valence-electron chi connectivity index (χ0n) is 19.1. The Morgan fingerprint density at radius 1 is 1.16 bits per heavy atom. The summed E-state index contributed by atoms with van der Waals surface area (Å²) in [4.78, 5) is 4.87. The summed E-state index contributed by atoms with van der Waals surface area (Å²) in [6.45, 7) is 7.19. The van der Waals surface area contributed by atoms with Gasteiger partial charge in [0.2, 0.25) is 0 Å². The molecule has 32 heavy (non-hydrogen) atoms. The molecule has 4 aromatic rings. The van der Waals surface area contributed by atoms with Crippen LogP contribution in [0.1, 0.15) is 36.4 Å². The van der Waals surface area contributed by atoms with E-state index in [0.717, 1.165) is 53.4 Å². The monoisotopic (exact) mass is 427 g/mol. The molecule has 1 N–H and O–H groups in total. The molecule has 5 rings (SSSR count). The first-order valence-corrected chi connectivity index (χ1v) is 11.2. The van der Waals surface area contributed by atoms with Crippen LogP contribution in [0, 0.1) is 6.92 Å². The van der Waals surface area contributed by atoms with Crippen molar-refractivity contribution < 1.29 is 9.47 Å². The second-order valence-corrected chi connectivity index (χ2v) is 8.44. The van der Waals surface area contributed by atoms with Crippen molar-refractivity contribution >= 4 is 16.7 Å². The van der Waals surface area contributed by atoms with Gasteiger partial charge in [0.15, 0.2) is 0 Å². The molecular formula is C27H29N3O2. The van der Waals surface area contributed by atoms with E-state index in [1.54, 1.807) is 7.11 Å². The predicted octanol–water partition coefficient (Wildman–Crippen LogP) is 5.84. The van der Waals surface area contributed by atoms with Crippen LogP contribution in [0.5, 0.6) is 11.5 Å². The van der Waals surface area contributed by atoms with E-state index in [0.29, 0.717) is 0 Å². The van der Waals surface area contributed by atoms with E-state index in [1.807, 2.05) is 12.1 Å².